The van der Waals surface area contributed by atoms with Gasteiger partial charge in [0, 0.05) is 37.7 Å². The number of pyridine rings is 2. The number of nitrogens with one attached hydrogen (secondary N) is 1. The lowest BCUT2D eigenvalue weighted by Gasteiger charge is -2.27. The molecule has 0 radical (unpaired) electrons. The van der Waals surface area contributed by atoms with Crippen molar-refractivity contribution >= 4 is 11.7 Å². The second kappa shape index (κ2) is 8.94. The summed E-state index contributed by atoms with van der Waals surface area (Å²) < 4.78 is 0. The standard InChI is InChI=1S/C22H24N4O/c1-17(2)26(16-18-7-4-3-5-8-18)22(27)20-10-11-21(25-15-20)24-14-19-9-6-12-23-13-19/h3-13,15,17H,14,16H2,1-2H3,(H,24,25). The maximum absolute atomic E-state index is 12.9. The Hall–Kier alpha value is -3.21. The molecule has 0 bridgehead atoms. The number of nitrogens with zero attached hydrogens (tertiary/aromatic N) is 3. The highest BCUT2D eigenvalue weighted by atomic mass is 16.2. The molecule has 138 valence electrons. The minimum Gasteiger partial charge on any atom is -0.366 e. The first kappa shape index (κ1) is 18.6. The van der Waals surface area contributed by atoms with Crippen molar-refractivity contribution in [2.45, 2.75) is 33.0 Å². The topological polar surface area (TPSA) is 58.1 Å². The van der Waals surface area contributed by atoms with Gasteiger partial charge < -0.3 is 10.2 Å². The molecule has 3 rings (SSSR count). The molecule has 0 saturated carbocycles. The Labute approximate surface area is 160 Å². The van der Waals surface area contributed by atoms with Gasteiger partial charge in [0.2, 0.25) is 0 Å². The van der Waals surface area contributed by atoms with Crippen molar-refractivity contribution in [3.63, 3.8) is 0 Å². The molecule has 0 fully saturated rings. The molecule has 0 spiro atoms. The van der Waals surface area contributed by atoms with Crippen molar-refractivity contribution in [2.75, 3.05) is 5.32 Å². The van der Waals surface area contributed by atoms with Crippen LogP contribution in [-0.4, -0.2) is 26.8 Å². The fourth-order valence-electron chi connectivity index (χ4n) is 2.76. The lowest BCUT2D eigenvalue weighted by atomic mass is 10.1. The Morgan fingerprint density at radius 1 is 1.00 bits per heavy atom. The molecule has 5 heteroatoms. The summed E-state index contributed by atoms with van der Waals surface area (Å²) in [4.78, 5) is 23.3. The van der Waals surface area contributed by atoms with Gasteiger partial charge in [0.25, 0.3) is 5.91 Å². The fraction of sp³-hybridized carbons (Fsp3) is 0.227. The molecule has 0 atom stereocenters. The van der Waals surface area contributed by atoms with E-state index in [4.69, 9.17) is 0 Å². The Morgan fingerprint density at radius 2 is 1.78 bits per heavy atom. The van der Waals surface area contributed by atoms with Crippen LogP contribution in [0.25, 0.3) is 0 Å². The predicted molar refractivity (Wildman–Crippen MR) is 107 cm³/mol. The maximum atomic E-state index is 12.9. The number of amides is 1. The largest absolute Gasteiger partial charge is 0.366 e. The third-order valence-electron chi connectivity index (χ3n) is 4.29. The molecule has 1 N–H and O–H groups in total. The summed E-state index contributed by atoms with van der Waals surface area (Å²) in [6.45, 7) is 5.27. The molecule has 0 unspecified atom stereocenters. The van der Waals surface area contributed by atoms with E-state index in [0.29, 0.717) is 18.7 Å². The van der Waals surface area contributed by atoms with Gasteiger partial charge in [-0.15, -0.1) is 0 Å². The summed E-state index contributed by atoms with van der Waals surface area (Å²) in [5, 5.41) is 3.24. The first-order valence-corrected chi connectivity index (χ1v) is 9.07. The molecule has 3 aromatic rings. The van der Waals surface area contributed by atoms with E-state index in [1.54, 1.807) is 12.4 Å². The predicted octanol–water partition coefficient (Wildman–Crippen LogP) is 4.14. The van der Waals surface area contributed by atoms with Crippen LogP contribution in [0.4, 0.5) is 5.82 Å². The van der Waals surface area contributed by atoms with Crippen LogP contribution in [0.3, 0.4) is 0 Å². The number of hydrogen-bond acceptors (Lipinski definition) is 4. The number of benzene rings is 1. The number of aromatic nitrogens is 2. The van der Waals surface area contributed by atoms with Crippen LogP contribution >= 0.6 is 0 Å². The van der Waals surface area contributed by atoms with Crippen molar-refractivity contribution in [2.24, 2.45) is 0 Å². The average molecular weight is 360 g/mol. The van der Waals surface area contributed by atoms with E-state index in [1.165, 1.54) is 0 Å². The zero-order valence-corrected chi connectivity index (χ0v) is 15.7. The summed E-state index contributed by atoms with van der Waals surface area (Å²) in [6.07, 6.45) is 5.20. The lowest BCUT2D eigenvalue weighted by molar-refractivity contribution is 0.0690. The minimum absolute atomic E-state index is 0.0137. The van der Waals surface area contributed by atoms with Crippen LogP contribution in [0.2, 0.25) is 0 Å². The Morgan fingerprint density at radius 3 is 2.41 bits per heavy atom. The molecule has 0 aliphatic heterocycles. The first-order valence-electron chi connectivity index (χ1n) is 9.07. The second-order valence-electron chi connectivity index (χ2n) is 6.66. The normalized spacial score (nSPS) is 10.6. The van der Waals surface area contributed by atoms with Gasteiger partial charge in [0.05, 0.1) is 5.56 Å². The van der Waals surface area contributed by atoms with E-state index in [9.17, 15) is 4.79 Å². The van der Waals surface area contributed by atoms with Crippen LogP contribution in [0.15, 0.2) is 73.2 Å². The first-order chi connectivity index (χ1) is 13.1. The maximum Gasteiger partial charge on any atom is 0.255 e. The molecule has 1 amide bonds. The SMILES string of the molecule is CC(C)N(Cc1ccccc1)C(=O)c1ccc(NCc2cccnc2)nc1. The summed E-state index contributed by atoms with van der Waals surface area (Å²) in [6, 6.07) is 17.7. The van der Waals surface area contributed by atoms with E-state index in [2.05, 4.69) is 15.3 Å². The van der Waals surface area contributed by atoms with Crippen LogP contribution in [0, 0.1) is 0 Å². The Bertz CT molecular complexity index is 849. The summed E-state index contributed by atoms with van der Waals surface area (Å²) >= 11 is 0. The molecule has 0 aliphatic rings. The quantitative estimate of drug-likeness (QED) is 0.688. The summed E-state index contributed by atoms with van der Waals surface area (Å²) in [5.41, 5.74) is 2.78. The van der Waals surface area contributed by atoms with Crippen molar-refractivity contribution in [3.05, 3.63) is 89.9 Å². The van der Waals surface area contributed by atoms with E-state index in [0.717, 1.165) is 16.9 Å². The third kappa shape index (κ3) is 5.14. The van der Waals surface area contributed by atoms with E-state index in [-0.39, 0.29) is 11.9 Å². The highest BCUT2D eigenvalue weighted by molar-refractivity contribution is 5.94. The highest BCUT2D eigenvalue weighted by Crippen LogP contribution is 2.14. The monoisotopic (exact) mass is 360 g/mol. The molecule has 2 heterocycles. The van der Waals surface area contributed by atoms with E-state index in [1.807, 2.05) is 79.5 Å². The summed E-state index contributed by atoms with van der Waals surface area (Å²) in [5.74, 6) is 0.717. The molecule has 1 aromatic carbocycles. The average Bonchev–Trinajstić information content (AvgIpc) is 2.72. The molecule has 5 nitrogen and oxygen atoms in total. The summed E-state index contributed by atoms with van der Waals surface area (Å²) in [7, 11) is 0. The molecule has 2 aromatic heterocycles. The molecule has 27 heavy (non-hydrogen) atoms. The highest BCUT2D eigenvalue weighted by Gasteiger charge is 2.19. The molecular formula is C22H24N4O. The van der Waals surface area contributed by atoms with Gasteiger partial charge in [-0.25, -0.2) is 4.98 Å². The van der Waals surface area contributed by atoms with Crippen LogP contribution in [-0.2, 0) is 13.1 Å². The molecule has 0 saturated heterocycles. The van der Waals surface area contributed by atoms with Gasteiger partial charge in [-0.2, -0.15) is 0 Å². The van der Waals surface area contributed by atoms with Gasteiger partial charge in [0.15, 0.2) is 0 Å². The van der Waals surface area contributed by atoms with Crippen molar-refractivity contribution in [3.8, 4) is 0 Å². The number of carbonyl (C=O) groups excluding carboxylic acids is 1. The van der Waals surface area contributed by atoms with E-state index < -0.39 is 0 Å². The van der Waals surface area contributed by atoms with Crippen LogP contribution < -0.4 is 5.32 Å². The van der Waals surface area contributed by atoms with Gasteiger partial charge >= 0.3 is 0 Å². The third-order valence-corrected chi connectivity index (χ3v) is 4.29. The molecular weight excluding hydrogens is 336 g/mol. The van der Waals surface area contributed by atoms with Gasteiger partial charge in [-0.3, -0.25) is 9.78 Å². The fourth-order valence-corrected chi connectivity index (χ4v) is 2.76. The zero-order valence-electron chi connectivity index (χ0n) is 15.7. The van der Waals surface area contributed by atoms with Gasteiger partial charge in [-0.1, -0.05) is 36.4 Å². The lowest BCUT2D eigenvalue weighted by Crippen LogP contribution is -2.36. The van der Waals surface area contributed by atoms with Crippen LogP contribution in [0.1, 0.15) is 35.3 Å². The van der Waals surface area contributed by atoms with Gasteiger partial charge in [-0.05, 0) is 43.2 Å². The van der Waals surface area contributed by atoms with Crippen molar-refractivity contribution < 1.29 is 4.79 Å². The Kier molecular flexibility index (Phi) is 6.15. The smallest absolute Gasteiger partial charge is 0.255 e. The van der Waals surface area contributed by atoms with Crippen LogP contribution in [0.5, 0.6) is 0 Å². The number of anilines is 1. The minimum atomic E-state index is -0.0137. The number of rotatable bonds is 7. The zero-order chi connectivity index (χ0) is 19.1. The molecule has 0 aliphatic carbocycles. The Balaban J connectivity index is 1.66. The van der Waals surface area contributed by atoms with Crippen molar-refractivity contribution in [1.82, 2.24) is 14.9 Å². The number of carbonyl (C=O) groups is 1. The van der Waals surface area contributed by atoms with Crippen molar-refractivity contribution in [1.29, 1.82) is 0 Å². The second-order valence-corrected chi connectivity index (χ2v) is 6.66. The van der Waals surface area contributed by atoms with E-state index >= 15 is 0 Å². The van der Waals surface area contributed by atoms with Gasteiger partial charge in [0.1, 0.15) is 5.82 Å². The number of hydrogen-bond donors (Lipinski definition) is 1.